The molecule has 3 atom stereocenters. The van der Waals surface area contributed by atoms with Crippen LogP contribution in [0.2, 0.25) is 0 Å². The van der Waals surface area contributed by atoms with Gasteiger partial charge in [0.25, 0.3) is 5.91 Å². The molecule has 2 saturated heterocycles. The molecule has 3 aromatic rings. The first-order chi connectivity index (χ1) is 15.6. The minimum atomic E-state index is -0.915. The summed E-state index contributed by atoms with van der Waals surface area (Å²) in [4.78, 5) is 34.6. The highest BCUT2D eigenvalue weighted by Gasteiger charge is 2.60. The van der Waals surface area contributed by atoms with E-state index in [1.807, 2.05) is 67.6 Å². The maximum atomic E-state index is 13.7. The van der Waals surface area contributed by atoms with Crippen LogP contribution in [-0.2, 0) is 14.4 Å². The van der Waals surface area contributed by atoms with Crippen LogP contribution in [-0.4, -0.2) is 24.5 Å². The number of anilines is 2. The summed E-state index contributed by atoms with van der Waals surface area (Å²) in [5, 5.41) is 1.69. The Morgan fingerprint density at radius 2 is 1.69 bits per heavy atom. The molecule has 2 amide bonds. The summed E-state index contributed by atoms with van der Waals surface area (Å²) in [7, 11) is 0. The van der Waals surface area contributed by atoms with E-state index >= 15 is 0 Å². The highest BCUT2D eigenvalue weighted by atomic mass is 79.9. The molecule has 2 heterocycles. The predicted molar refractivity (Wildman–Crippen MR) is 124 cm³/mol. The average Bonchev–Trinajstić information content (AvgIpc) is 3.31. The van der Waals surface area contributed by atoms with Gasteiger partial charge in [-0.1, -0.05) is 58.4 Å². The molecule has 5 rings (SSSR count). The van der Waals surface area contributed by atoms with Crippen molar-refractivity contribution < 1.29 is 19.2 Å². The van der Waals surface area contributed by atoms with Gasteiger partial charge in [-0.3, -0.25) is 14.4 Å². The van der Waals surface area contributed by atoms with Gasteiger partial charge < -0.3 is 4.74 Å². The first kappa shape index (κ1) is 20.7. The zero-order chi connectivity index (χ0) is 22.2. The number of hydroxylamine groups is 1. The van der Waals surface area contributed by atoms with Crippen molar-refractivity contribution in [2.24, 2.45) is 5.92 Å². The molecule has 0 saturated carbocycles. The van der Waals surface area contributed by atoms with E-state index in [-0.39, 0.29) is 11.8 Å². The normalized spacial score (nSPS) is 22.4. The van der Waals surface area contributed by atoms with E-state index in [4.69, 9.17) is 9.57 Å². The van der Waals surface area contributed by atoms with Gasteiger partial charge in [-0.2, -0.15) is 0 Å². The van der Waals surface area contributed by atoms with E-state index in [0.717, 1.165) is 15.7 Å². The fourth-order valence-electron chi connectivity index (χ4n) is 4.40. The van der Waals surface area contributed by atoms with E-state index in [0.29, 0.717) is 18.0 Å². The van der Waals surface area contributed by atoms with Crippen molar-refractivity contribution in [1.82, 2.24) is 0 Å². The van der Waals surface area contributed by atoms with Gasteiger partial charge in [0, 0.05) is 4.47 Å². The summed E-state index contributed by atoms with van der Waals surface area (Å²) in [6, 6.07) is 23.9. The predicted octanol–water partition coefficient (Wildman–Crippen LogP) is 4.90. The number of carbonyl (C=O) groups is 2. The van der Waals surface area contributed by atoms with Crippen LogP contribution >= 0.6 is 15.9 Å². The largest absolute Gasteiger partial charge is 0.492 e. The fraction of sp³-hybridized carbons (Fsp3) is 0.200. The van der Waals surface area contributed by atoms with E-state index in [1.54, 1.807) is 23.3 Å². The zero-order valence-electron chi connectivity index (χ0n) is 17.4. The Balaban J connectivity index is 1.59. The summed E-state index contributed by atoms with van der Waals surface area (Å²) in [6.07, 6.45) is -0.915. The molecule has 7 heteroatoms. The van der Waals surface area contributed by atoms with Gasteiger partial charge in [-0.15, -0.1) is 0 Å². The summed E-state index contributed by atoms with van der Waals surface area (Å²) in [5.41, 5.74) is 2.12. The Labute approximate surface area is 194 Å². The molecule has 0 radical (unpaired) electrons. The van der Waals surface area contributed by atoms with Crippen molar-refractivity contribution in [3.8, 4) is 5.75 Å². The van der Waals surface area contributed by atoms with Crippen LogP contribution in [0.5, 0.6) is 5.75 Å². The third-order valence-corrected chi connectivity index (χ3v) is 6.22. The van der Waals surface area contributed by atoms with Gasteiger partial charge >= 0.3 is 0 Å². The molecular formula is C25H21BrN2O4. The van der Waals surface area contributed by atoms with Crippen molar-refractivity contribution in [1.29, 1.82) is 0 Å². The number of imide groups is 1. The number of rotatable bonds is 5. The topological polar surface area (TPSA) is 59.1 Å². The van der Waals surface area contributed by atoms with Crippen LogP contribution in [0.3, 0.4) is 0 Å². The SMILES string of the molecule is CCOc1ccccc1N1C(=O)[C@H]2[C@H](ON(c3ccccc3)[C@H]2c2cccc(Br)c2)C1=O. The molecule has 0 bridgehead atoms. The molecule has 2 aliphatic rings. The third-order valence-electron chi connectivity index (χ3n) is 5.72. The lowest BCUT2D eigenvalue weighted by Gasteiger charge is -2.29. The van der Waals surface area contributed by atoms with Gasteiger partial charge in [-0.05, 0) is 48.9 Å². The van der Waals surface area contributed by atoms with Gasteiger partial charge in [0.1, 0.15) is 11.7 Å². The Bertz CT molecular complexity index is 1170. The Morgan fingerprint density at radius 3 is 2.44 bits per heavy atom. The van der Waals surface area contributed by atoms with E-state index < -0.39 is 18.1 Å². The molecule has 2 aliphatic heterocycles. The molecule has 0 spiro atoms. The molecular weight excluding hydrogens is 472 g/mol. The summed E-state index contributed by atoms with van der Waals surface area (Å²) in [6.45, 7) is 2.29. The maximum Gasteiger partial charge on any atom is 0.266 e. The zero-order valence-corrected chi connectivity index (χ0v) is 18.9. The average molecular weight is 493 g/mol. The van der Waals surface area contributed by atoms with E-state index in [9.17, 15) is 9.59 Å². The monoisotopic (exact) mass is 492 g/mol. The highest BCUT2D eigenvalue weighted by Crippen LogP contribution is 2.48. The molecule has 162 valence electrons. The van der Waals surface area contributed by atoms with Crippen LogP contribution in [0.15, 0.2) is 83.3 Å². The van der Waals surface area contributed by atoms with Gasteiger partial charge in [0.05, 0.1) is 24.0 Å². The number of amides is 2. The van der Waals surface area contributed by atoms with Gasteiger partial charge in [0.2, 0.25) is 5.91 Å². The summed E-state index contributed by atoms with van der Waals surface area (Å²) in [5.74, 6) is -0.872. The highest BCUT2D eigenvalue weighted by molar-refractivity contribution is 9.10. The number of carbonyl (C=O) groups excluding carboxylic acids is 2. The van der Waals surface area contributed by atoms with Crippen molar-refractivity contribution in [3.63, 3.8) is 0 Å². The second-order valence-electron chi connectivity index (χ2n) is 7.63. The van der Waals surface area contributed by atoms with Gasteiger partial charge in [-0.25, -0.2) is 9.96 Å². The van der Waals surface area contributed by atoms with Crippen LogP contribution < -0.4 is 14.7 Å². The summed E-state index contributed by atoms with van der Waals surface area (Å²) < 4.78 is 6.57. The number of hydrogen-bond acceptors (Lipinski definition) is 5. The molecule has 0 N–H and O–H groups in total. The lowest BCUT2D eigenvalue weighted by Crippen LogP contribution is -2.37. The first-order valence-corrected chi connectivity index (χ1v) is 11.3. The third kappa shape index (κ3) is 3.38. The van der Waals surface area contributed by atoms with Crippen molar-refractivity contribution in [2.45, 2.75) is 19.1 Å². The first-order valence-electron chi connectivity index (χ1n) is 10.5. The Hall–Kier alpha value is -3.16. The minimum absolute atomic E-state index is 0.296. The number of hydrogen-bond donors (Lipinski definition) is 0. The molecule has 0 aromatic heterocycles. The maximum absolute atomic E-state index is 13.7. The number of halogens is 1. The molecule has 32 heavy (non-hydrogen) atoms. The lowest BCUT2D eigenvalue weighted by atomic mass is 9.90. The number of benzene rings is 3. The molecule has 0 aliphatic carbocycles. The van der Waals surface area contributed by atoms with Crippen molar-refractivity contribution >= 4 is 39.1 Å². The number of fused-ring (bicyclic) bond motifs is 1. The standard InChI is InChI=1S/C25H21BrN2O4/c1-2-31-20-14-7-6-13-19(20)27-24(29)21-22(16-9-8-10-17(26)15-16)28(32-23(21)25(27)30)18-11-4-3-5-12-18/h3-15,21-23H,2H2,1H3/t21-,22+,23+/m1/s1. The smallest absolute Gasteiger partial charge is 0.266 e. The Kier molecular flexibility index (Phi) is 5.45. The number of para-hydroxylation sites is 3. The molecule has 3 aromatic carbocycles. The quantitative estimate of drug-likeness (QED) is 0.474. The van der Waals surface area contributed by atoms with Crippen LogP contribution in [0.4, 0.5) is 11.4 Å². The van der Waals surface area contributed by atoms with Crippen molar-refractivity contribution in [3.05, 3.63) is 88.9 Å². The van der Waals surface area contributed by atoms with E-state index in [1.165, 1.54) is 4.90 Å². The summed E-state index contributed by atoms with van der Waals surface area (Å²) >= 11 is 3.52. The second-order valence-corrected chi connectivity index (χ2v) is 8.54. The van der Waals surface area contributed by atoms with Crippen LogP contribution in [0, 0.1) is 5.92 Å². The van der Waals surface area contributed by atoms with Crippen LogP contribution in [0.1, 0.15) is 18.5 Å². The molecule has 2 fully saturated rings. The fourth-order valence-corrected chi connectivity index (χ4v) is 4.82. The molecule has 0 unspecified atom stereocenters. The van der Waals surface area contributed by atoms with Crippen molar-refractivity contribution in [2.75, 3.05) is 16.6 Å². The van der Waals surface area contributed by atoms with E-state index in [2.05, 4.69) is 15.9 Å². The number of nitrogens with zero attached hydrogens (tertiary/aromatic N) is 2. The number of ether oxygens (including phenoxy) is 1. The molecule has 6 nitrogen and oxygen atoms in total. The minimum Gasteiger partial charge on any atom is -0.492 e. The lowest BCUT2D eigenvalue weighted by molar-refractivity contribution is -0.126. The van der Waals surface area contributed by atoms with Gasteiger partial charge in [0.15, 0.2) is 6.10 Å². The second kappa shape index (κ2) is 8.41. The van der Waals surface area contributed by atoms with Crippen LogP contribution in [0.25, 0.3) is 0 Å². The Morgan fingerprint density at radius 1 is 0.938 bits per heavy atom.